The lowest BCUT2D eigenvalue weighted by Crippen LogP contribution is -2.42. The van der Waals surface area contributed by atoms with E-state index in [4.69, 9.17) is 0 Å². The van der Waals surface area contributed by atoms with Crippen molar-refractivity contribution in [3.63, 3.8) is 0 Å². The number of aliphatic hydroxyl groups is 1. The molecule has 1 atom stereocenters. The summed E-state index contributed by atoms with van der Waals surface area (Å²) in [6.45, 7) is 4.86. The Kier molecular flexibility index (Phi) is 4.60. The minimum Gasteiger partial charge on any atom is -0.393 e. The average Bonchev–Trinajstić information content (AvgIpc) is 2.43. The van der Waals surface area contributed by atoms with E-state index < -0.39 is 0 Å². The molecule has 0 radical (unpaired) electrons. The average molecular weight is 280 g/mol. The molecule has 1 aliphatic heterocycles. The van der Waals surface area contributed by atoms with Crippen molar-refractivity contribution in [3.05, 3.63) is 29.6 Å². The lowest BCUT2D eigenvalue weighted by molar-refractivity contribution is 0.0820. The molecule has 4 nitrogen and oxygen atoms in total. The number of carbonyl (C=O) groups is 1. The van der Waals surface area contributed by atoms with Crippen molar-refractivity contribution in [1.82, 2.24) is 4.90 Å². The third-order valence-corrected chi connectivity index (χ3v) is 3.95. The predicted octanol–water partition coefficient (Wildman–Crippen LogP) is 2.76. The maximum Gasteiger partial charge on any atom is 0.321 e. The fourth-order valence-corrected chi connectivity index (χ4v) is 2.51. The van der Waals surface area contributed by atoms with Crippen LogP contribution in [0.25, 0.3) is 0 Å². The first kappa shape index (κ1) is 14.8. The van der Waals surface area contributed by atoms with Crippen LogP contribution in [0.4, 0.5) is 14.9 Å². The quantitative estimate of drug-likeness (QED) is 0.875. The maximum atomic E-state index is 13.2. The molecular weight excluding hydrogens is 259 g/mol. The van der Waals surface area contributed by atoms with E-state index in [1.54, 1.807) is 17.9 Å². The van der Waals surface area contributed by atoms with E-state index in [1.807, 2.05) is 6.92 Å². The summed E-state index contributed by atoms with van der Waals surface area (Å²) in [5, 5.41) is 12.3. The molecule has 2 N–H and O–H groups in total. The van der Waals surface area contributed by atoms with Gasteiger partial charge in [-0.1, -0.05) is 6.07 Å². The van der Waals surface area contributed by atoms with Crippen LogP contribution in [-0.4, -0.2) is 35.2 Å². The maximum absolute atomic E-state index is 13.2. The zero-order valence-electron chi connectivity index (χ0n) is 11.9. The molecule has 0 spiro atoms. The van der Waals surface area contributed by atoms with Crippen molar-refractivity contribution in [3.8, 4) is 0 Å². The number of aryl methyl sites for hydroxylation is 1. The van der Waals surface area contributed by atoms with E-state index >= 15 is 0 Å². The molecule has 2 amide bonds. The number of rotatable bonds is 2. The van der Waals surface area contributed by atoms with Gasteiger partial charge >= 0.3 is 6.03 Å². The first-order valence-corrected chi connectivity index (χ1v) is 6.97. The van der Waals surface area contributed by atoms with Crippen molar-refractivity contribution >= 4 is 11.7 Å². The van der Waals surface area contributed by atoms with Gasteiger partial charge in [0.05, 0.1) is 6.10 Å². The Balaban J connectivity index is 1.94. The largest absolute Gasteiger partial charge is 0.393 e. The van der Waals surface area contributed by atoms with Crippen LogP contribution in [0.5, 0.6) is 0 Å². The number of hydrogen-bond donors (Lipinski definition) is 2. The first-order valence-electron chi connectivity index (χ1n) is 6.97. The number of piperidine rings is 1. The van der Waals surface area contributed by atoms with Gasteiger partial charge in [-0.05, 0) is 50.3 Å². The molecule has 1 saturated heterocycles. The SMILES string of the molecule is Cc1ccc(F)cc1NC(=O)N1CCC(C(C)O)CC1. The highest BCUT2D eigenvalue weighted by atomic mass is 19.1. The van der Waals surface area contributed by atoms with Gasteiger partial charge in [0.15, 0.2) is 0 Å². The van der Waals surface area contributed by atoms with Crippen LogP contribution in [0.2, 0.25) is 0 Å². The Morgan fingerprint density at radius 1 is 1.45 bits per heavy atom. The highest BCUT2D eigenvalue weighted by Crippen LogP contribution is 2.22. The number of halogens is 1. The van der Waals surface area contributed by atoms with Crippen molar-refractivity contribution in [2.45, 2.75) is 32.8 Å². The van der Waals surface area contributed by atoms with Crippen molar-refractivity contribution in [1.29, 1.82) is 0 Å². The summed E-state index contributed by atoms with van der Waals surface area (Å²) in [5.41, 5.74) is 1.34. The van der Waals surface area contributed by atoms with Gasteiger partial charge in [0.2, 0.25) is 0 Å². The molecule has 110 valence electrons. The van der Waals surface area contributed by atoms with Gasteiger partial charge in [-0.25, -0.2) is 9.18 Å². The molecular formula is C15H21FN2O2. The van der Waals surface area contributed by atoms with Crippen LogP contribution in [0, 0.1) is 18.7 Å². The summed E-state index contributed by atoms with van der Waals surface area (Å²) in [5.74, 6) is -0.103. The normalized spacial score (nSPS) is 17.9. The zero-order chi connectivity index (χ0) is 14.7. The second-order valence-electron chi connectivity index (χ2n) is 5.45. The van der Waals surface area contributed by atoms with Crippen molar-refractivity contribution in [2.75, 3.05) is 18.4 Å². The van der Waals surface area contributed by atoms with Crippen LogP contribution in [-0.2, 0) is 0 Å². The standard InChI is InChI=1S/C15H21FN2O2/c1-10-3-4-13(16)9-14(10)17-15(20)18-7-5-12(6-8-18)11(2)19/h3-4,9,11-12,19H,5-8H2,1-2H3,(H,17,20). The summed E-state index contributed by atoms with van der Waals surface area (Å²) < 4.78 is 13.2. The highest BCUT2D eigenvalue weighted by molar-refractivity contribution is 5.90. The number of amides is 2. The molecule has 1 unspecified atom stereocenters. The minimum absolute atomic E-state index is 0.206. The molecule has 1 heterocycles. The van der Waals surface area contributed by atoms with Gasteiger partial charge in [0.1, 0.15) is 5.82 Å². The van der Waals surface area contributed by atoms with Gasteiger partial charge in [0, 0.05) is 18.8 Å². The minimum atomic E-state index is -0.362. The summed E-state index contributed by atoms with van der Waals surface area (Å²) >= 11 is 0. The molecule has 2 rings (SSSR count). The van der Waals surface area contributed by atoms with E-state index in [-0.39, 0.29) is 23.9 Å². The molecule has 1 aromatic rings. The predicted molar refractivity (Wildman–Crippen MR) is 76.1 cm³/mol. The van der Waals surface area contributed by atoms with Gasteiger partial charge in [0.25, 0.3) is 0 Å². The Labute approximate surface area is 118 Å². The van der Waals surface area contributed by atoms with Gasteiger partial charge < -0.3 is 15.3 Å². The molecule has 0 aliphatic carbocycles. The van der Waals surface area contributed by atoms with E-state index in [0.717, 1.165) is 18.4 Å². The first-order chi connectivity index (χ1) is 9.47. The smallest absolute Gasteiger partial charge is 0.321 e. The Morgan fingerprint density at radius 3 is 2.70 bits per heavy atom. The molecule has 20 heavy (non-hydrogen) atoms. The number of hydrogen-bond acceptors (Lipinski definition) is 2. The fraction of sp³-hybridized carbons (Fsp3) is 0.533. The van der Waals surface area contributed by atoms with Gasteiger partial charge in [-0.15, -0.1) is 0 Å². The van der Waals surface area contributed by atoms with Gasteiger partial charge in [-0.3, -0.25) is 0 Å². The van der Waals surface area contributed by atoms with E-state index in [9.17, 15) is 14.3 Å². The number of likely N-dealkylation sites (tertiary alicyclic amines) is 1. The van der Waals surface area contributed by atoms with Crippen molar-refractivity contribution < 1.29 is 14.3 Å². The number of carbonyl (C=O) groups excluding carboxylic acids is 1. The van der Waals surface area contributed by atoms with Gasteiger partial charge in [-0.2, -0.15) is 0 Å². The number of nitrogens with zero attached hydrogens (tertiary/aromatic N) is 1. The number of aliphatic hydroxyl groups excluding tert-OH is 1. The fourth-order valence-electron chi connectivity index (χ4n) is 2.51. The second kappa shape index (κ2) is 6.22. The number of nitrogens with one attached hydrogen (secondary N) is 1. The molecule has 1 fully saturated rings. The molecule has 0 saturated carbocycles. The number of benzene rings is 1. The van der Waals surface area contributed by atoms with E-state index in [0.29, 0.717) is 18.8 Å². The summed E-state index contributed by atoms with van der Waals surface area (Å²) in [6, 6.07) is 4.14. The highest BCUT2D eigenvalue weighted by Gasteiger charge is 2.25. The van der Waals surface area contributed by atoms with Crippen LogP contribution < -0.4 is 5.32 Å². The van der Waals surface area contributed by atoms with E-state index in [1.165, 1.54) is 12.1 Å². The second-order valence-corrected chi connectivity index (χ2v) is 5.45. The molecule has 1 aromatic carbocycles. The Bertz CT molecular complexity index is 483. The van der Waals surface area contributed by atoms with E-state index in [2.05, 4.69) is 5.32 Å². The van der Waals surface area contributed by atoms with Crippen LogP contribution in [0.3, 0.4) is 0 Å². The third-order valence-electron chi connectivity index (χ3n) is 3.95. The lowest BCUT2D eigenvalue weighted by atomic mass is 9.92. The van der Waals surface area contributed by atoms with Crippen molar-refractivity contribution in [2.24, 2.45) is 5.92 Å². The Hall–Kier alpha value is -1.62. The monoisotopic (exact) mass is 280 g/mol. The van der Waals surface area contributed by atoms with Crippen LogP contribution >= 0.6 is 0 Å². The topological polar surface area (TPSA) is 52.6 Å². The van der Waals surface area contributed by atoms with Crippen LogP contribution in [0.15, 0.2) is 18.2 Å². The zero-order valence-corrected chi connectivity index (χ0v) is 11.9. The summed E-state index contributed by atoms with van der Waals surface area (Å²) in [4.78, 5) is 13.8. The summed E-state index contributed by atoms with van der Waals surface area (Å²) in [7, 11) is 0. The lowest BCUT2D eigenvalue weighted by Gasteiger charge is -2.33. The molecule has 0 aromatic heterocycles. The molecule has 1 aliphatic rings. The third kappa shape index (κ3) is 3.48. The molecule has 0 bridgehead atoms. The summed E-state index contributed by atoms with van der Waals surface area (Å²) in [6.07, 6.45) is 1.27. The number of anilines is 1. The molecule has 5 heteroatoms. The van der Waals surface area contributed by atoms with Crippen LogP contribution in [0.1, 0.15) is 25.3 Å². The Morgan fingerprint density at radius 2 is 2.10 bits per heavy atom. The number of urea groups is 1.